The number of nitrogens with zero attached hydrogens (tertiary/aromatic N) is 2. The van der Waals surface area contributed by atoms with E-state index in [4.69, 9.17) is 5.84 Å². The topological polar surface area (TPSA) is 65.7 Å². The Kier molecular flexibility index (Phi) is 7.75. The second-order valence-corrected chi connectivity index (χ2v) is 4.56. The Balaban J connectivity index is 2.06. The first kappa shape index (κ1) is 14.3. The molecule has 0 aromatic heterocycles. The van der Waals surface area contributed by atoms with E-state index in [2.05, 4.69) is 27.6 Å². The molecule has 0 spiro atoms. The van der Waals surface area contributed by atoms with E-state index < -0.39 is 0 Å². The van der Waals surface area contributed by atoms with Crippen molar-refractivity contribution in [3.8, 4) is 0 Å². The summed E-state index contributed by atoms with van der Waals surface area (Å²) in [5.41, 5.74) is 2.61. The lowest BCUT2D eigenvalue weighted by atomic mass is 10.3. The first-order chi connectivity index (χ1) is 8.36. The van der Waals surface area contributed by atoms with Crippen molar-refractivity contribution in [2.75, 3.05) is 32.7 Å². The summed E-state index contributed by atoms with van der Waals surface area (Å²) < 4.78 is 0. The second kappa shape index (κ2) is 9.24. The van der Waals surface area contributed by atoms with Gasteiger partial charge >= 0.3 is 0 Å². The molecule has 0 atom stereocenters. The second-order valence-electron chi connectivity index (χ2n) is 4.56. The average Bonchev–Trinajstić information content (AvgIpc) is 2.85. The van der Waals surface area contributed by atoms with Crippen LogP contribution >= 0.6 is 0 Å². The zero-order valence-corrected chi connectivity index (χ0v) is 11.0. The molecule has 1 heterocycles. The summed E-state index contributed by atoms with van der Waals surface area (Å²) in [6, 6.07) is 0. The number of rotatable bonds is 7. The minimum atomic E-state index is 0.722. The van der Waals surface area contributed by atoms with Gasteiger partial charge in [0.15, 0.2) is 0 Å². The molecule has 1 fully saturated rings. The van der Waals surface area contributed by atoms with Gasteiger partial charge in [0.05, 0.1) is 0 Å². The summed E-state index contributed by atoms with van der Waals surface area (Å²) in [6.45, 7) is 7.64. The molecule has 0 aromatic carbocycles. The summed E-state index contributed by atoms with van der Waals surface area (Å²) in [5, 5.41) is 3.20. The molecule has 1 aliphatic heterocycles. The van der Waals surface area contributed by atoms with Crippen molar-refractivity contribution in [3.63, 3.8) is 0 Å². The van der Waals surface area contributed by atoms with Crippen molar-refractivity contribution in [2.45, 2.75) is 39.0 Å². The molecule has 0 aliphatic carbocycles. The van der Waals surface area contributed by atoms with Crippen molar-refractivity contribution < 1.29 is 0 Å². The third-order valence-electron chi connectivity index (χ3n) is 3.06. The van der Waals surface area contributed by atoms with Crippen LogP contribution in [0.2, 0.25) is 0 Å². The van der Waals surface area contributed by atoms with Gasteiger partial charge in [-0.2, -0.15) is 0 Å². The number of aliphatic imine (C=N–C) groups is 1. The van der Waals surface area contributed by atoms with Gasteiger partial charge in [-0.15, -0.1) is 0 Å². The van der Waals surface area contributed by atoms with Crippen molar-refractivity contribution >= 4 is 5.96 Å². The number of unbranched alkanes of at least 4 members (excludes halogenated alkanes) is 1. The van der Waals surface area contributed by atoms with Crippen LogP contribution in [0.5, 0.6) is 0 Å². The third-order valence-corrected chi connectivity index (χ3v) is 3.06. The number of hydrazine groups is 1. The van der Waals surface area contributed by atoms with Crippen LogP contribution in [-0.4, -0.2) is 43.6 Å². The maximum Gasteiger partial charge on any atom is 0.205 e. The van der Waals surface area contributed by atoms with E-state index >= 15 is 0 Å². The number of likely N-dealkylation sites (tertiary alicyclic amines) is 1. The normalized spacial score (nSPS) is 17.4. The monoisotopic (exact) mass is 241 g/mol. The van der Waals surface area contributed by atoms with Gasteiger partial charge in [0.2, 0.25) is 5.96 Å². The maximum absolute atomic E-state index is 5.41. The molecule has 0 bridgehead atoms. The Morgan fingerprint density at radius 2 is 2.06 bits per heavy atom. The number of nitrogens with one attached hydrogen (secondary N) is 2. The van der Waals surface area contributed by atoms with Gasteiger partial charge < -0.3 is 10.2 Å². The Morgan fingerprint density at radius 3 is 2.71 bits per heavy atom. The van der Waals surface area contributed by atoms with E-state index in [1.165, 1.54) is 32.4 Å². The van der Waals surface area contributed by atoms with Crippen molar-refractivity contribution in [3.05, 3.63) is 0 Å². The van der Waals surface area contributed by atoms with Crippen LogP contribution in [-0.2, 0) is 0 Å². The summed E-state index contributed by atoms with van der Waals surface area (Å²) >= 11 is 0. The molecule has 0 amide bonds. The molecule has 1 saturated heterocycles. The van der Waals surface area contributed by atoms with Gasteiger partial charge in [0, 0.05) is 13.1 Å². The summed E-state index contributed by atoms with van der Waals surface area (Å²) in [5.74, 6) is 6.13. The van der Waals surface area contributed by atoms with Gasteiger partial charge in [-0.05, 0) is 45.3 Å². The zero-order valence-electron chi connectivity index (χ0n) is 11.0. The molecule has 100 valence electrons. The predicted molar refractivity (Wildman–Crippen MR) is 72.8 cm³/mol. The van der Waals surface area contributed by atoms with E-state index in [-0.39, 0.29) is 0 Å². The molecule has 0 unspecified atom stereocenters. The molecule has 1 rings (SSSR count). The molecule has 4 N–H and O–H groups in total. The Hall–Kier alpha value is -0.810. The highest BCUT2D eigenvalue weighted by atomic mass is 15.3. The zero-order chi connectivity index (χ0) is 12.3. The van der Waals surface area contributed by atoms with Crippen LogP contribution < -0.4 is 16.6 Å². The highest BCUT2D eigenvalue weighted by Gasteiger charge is 2.09. The fourth-order valence-corrected chi connectivity index (χ4v) is 2.03. The lowest BCUT2D eigenvalue weighted by Crippen LogP contribution is -2.42. The molecule has 1 aliphatic rings. The molecule has 5 heteroatoms. The van der Waals surface area contributed by atoms with E-state index in [1.807, 2.05) is 0 Å². The minimum Gasteiger partial charge on any atom is -0.355 e. The van der Waals surface area contributed by atoms with E-state index in [9.17, 15) is 0 Å². The quantitative estimate of drug-likeness (QED) is 0.202. The van der Waals surface area contributed by atoms with E-state index in [0.29, 0.717) is 0 Å². The molecule has 0 radical (unpaired) electrons. The van der Waals surface area contributed by atoms with E-state index in [1.54, 1.807) is 0 Å². The van der Waals surface area contributed by atoms with Crippen LogP contribution in [0.4, 0.5) is 0 Å². The van der Waals surface area contributed by atoms with Gasteiger partial charge in [-0.25, -0.2) is 5.84 Å². The average molecular weight is 241 g/mol. The first-order valence-corrected chi connectivity index (χ1v) is 6.84. The van der Waals surface area contributed by atoms with Crippen molar-refractivity contribution in [2.24, 2.45) is 10.8 Å². The SMILES string of the molecule is CCCCNC(=NCCCN1CCCC1)NN. The van der Waals surface area contributed by atoms with Crippen LogP contribution in [0, 0.1) is 0 Å². The molecule has 0 saturated carbocycles. The molecule has 17 heavy (non-hydrogen) atoms. The van der Waals surface area contributed by atoms with E-state index in [0.717, 1.165) is 38.4 Å². The Morgan fingerprint density at radius 1 is 1.29 bits per heavy atom. The van der Waals surface area contributed by atoms with Gasteiger partial charge in [-0.1, -0.05) is 13.3 Å². The van der Waals surface area contributed by atoms with Crippen LogP contribution in [0.15, 0.2) is 4.99 Å². The minimum absolute atomic E-state index is 0.722. The fourth-order valence-electron chi connectivity index (χ4n) is 2.03. The lowest BCUT2D eigenvalue weighted by molar-refractivity contribution is 0.336. The lowest BCUT2D eigenvalue weighted by Gasteiger charge is -2.13. The molecule has 0 aromatic rings. The fraction of sp³-hybridized carbons (Fsp3) is 0.917. The number of hydrogen-bond acceptors (Lipinski definition) is 3. The third kappa shape index (κ3) is 6.48. The van der Waals surface area contributed by atoms with Gasteiger partial charge in [0.1, 0.15) is 0 Å². The van der Waals surface area contributed by atoms with Crippen LogP contribution in [0.1, 0.15) is 39.0 Å². The summed E-state index contributed by atoms with van der Waals surface area (Å²) in [7, 11) is 0. The number of guanidine groups is 1. The van der Waals surface area contributed by atoms with Gasteiger partial charge in [-0.3, -0.25) is 10.4 Å². The summed E-state index contributed by atoms with van der Waals surface area (Å²) in [6.07, 6.45) is 6.16. The highest BCUT2D eigenvalue weighted by molar-refractivity contribution is 5.79. The molecular formula is C12H27N5. The first-order valence-electron chi connectivity index (χ1n) is 6.84. The van der Waals surface area contributed by atoms with Crippen molar-refractivity contribution in [1.82, 2.24) is 15.6 Å². The predicted octanol–water partition coefficient (Wildman–Crippen LogP) is 0.681. The van der Waals surface area contributed by atoms with Gasteiger partial charge in [0.25, 0.3) is 0 Å². The standard InChI is InChI=1S/C12H27N5/c1-2-3-7-14-12(16-13)15-8-6-11-17-9-4-5-10-17/h2-11,13H2,1H3,(H2,14,15,16). The number of nitrogens with two attached hydrogens (primary N) is 1. The highest BCUT2D eigenvalue weighted by Crippen LogP contribution is 2.07. The van der Waals surface area contributed by atoms with Crippen LogP contribution in [0.3, 0.4) is 0 Å². The largest absolute Gasteiger partial charge is 0.355 e. The van der Waals surface area contributed by atoms with Crippen molar-refractivity contribution in [1.29, 1.82) is 0 Å². The Labute approximate surface area is 105 Å². The van der Waals surface area contributed by atoms with Crippen LogP contribution in [0.25, 0.3) is 0 Å². The maximum atomic E-state index is 5.41. The molecule has 5 nitrogen and oxygen atoms in total. The summed E-state index contributed by atoms with van der Waals surface area (Å²) in [4.78, 5) is 6.93. The number of hydrogen-bond donors (Lipinski definition) is 3. The Bertz CT molecular complexity index is 211. The smallest absolute Gasteiger partial charge is 0.205 e. The molecular weight excluding hydrogens is 214 g/mol.